The zero-order valence-electron chi connectivity index (χ0n) is 14.2. The van der Waals surface area contributed by atoms with E-state index in [0.29, 0.717) is 0 Å². The van der Waals surface area contributed by atoms with Crippen LogP contribution in [0.25, 0.3) is 0 Å². The van der Waals surface area contributed by atoms with Gasteiger partial charge in [0.05, 0.1) is 6.04 Å². The zero-order valence-corrected chi connectivity index (χ0v) is 14.2. The lowest BCUT2D eigenvalue weighted by molar-refractivity contribution is -0.147. The molecule has 2 amide bonds. The van der Waals surface area contributed by atoms with Crippen LogP contribution in [0.2, 0.25) is 0 Å². The molecule has 10 heteroatoms. The Hall–Kier alpha value is -2.17. The van der Waals surface area contributed by atoms with Crippen LogP contribution >= 0.6 is 0 Å². The van der Waals surface area contributed by atoms with Crippen LogP contribution in [-0.4, -0.2) is 75.2 Å². The summed E-state index contributed by atoms with van der Waals surface area (Å²) in [4.78, 5) is 33.9. The lowest BCUT2D eigenvalue weighted by atomic mass is 9.93. The van der Waals surface area contributed by atoms with E-state index in [-0.39, 0.29) is 18.4 Å². The number of ether oxygens (including phenoxy) is 1. The monoisotopic (exact) mass is 360 g/mol. The normalized spacial score (nSPS) is 25.4. The molecule has 1 heterocycles. The molecule has 1 rings (SSSR count). The third-order valence-corrected chi connectivity index (χ3v) is 3.63. The molecule has 0 bridgehead atoms. The van der Waals surface area contributed by atoms with Gasteiger partial charge >= 0.3 is 5.97 Å². The number of amides is 2. The third kappa shape index (κ3) is 5.69. The number of carboxylic acids is 1. The average Bonchev–Trinajstić information content (AvgIpc) is 2.52. The molecule has 0 fully saturated rings. The molecule has 142 valence electrons. The third-order valence-electron chi connectivity index (χ3n) is 3.63. The first-order valence-corrected chi connectivity index (χ1v) is 7.75. The minimum Gasteiger partial charge on any atom is -0.478 e. The van der Waals surface area contributed by atoms with Gasteiger partial charge in [-0.2, -0.15) is 0 Å². The van der Waals surface area contributed by atoms with Gasteiger partial charge in [0.2, 0.25) is 17.6 Å². The van der Waals surface area contributed by atoms with Crippen molar-refractivity contribution in [2.45, 2.75) is 51.2 Å². The fourth-order valence-electron chi connectivity index (χ4n) is 2.27. The van der Waals surface area contributed by atoms with Crippen LogP contribution in [0.4, 0.5) is 0 Å². The second-order valence-corrected chi connectivity index (χ2v) is 6.09. The zero-order chi connectivity index (χ0) is 19.3. The van der Waals surface area contributed by atoms with Gasteiger partial charge < -0.3 is 35.8 Å². The number of carboxylic acid groups (broad SMARTS) is 1. The van der Waals surface area contributed by atoms with Gasteiger partial charge in [-0.1, -0.05) is 13.8 Å². The van der Waals surface area contributed by atoms with Crippen LogP contribution in [0, 0.1) is 5.92 Å². The molecule has 10 nitrogen and oxygen atoms in total. The van der Waals surface area contributed by atoms with Crippen molar-refractivity contribution >= 4 is 17.8 Å². The van der Waals surface area contributed by atoms with Crippen LogP contribution in [0.5, 0.6) is 0 Å². The Labute approximate surface area is 144 Å². The van der Waals surface area contributed by atoms with E-state index in [0.717, 1.165) is 6.08 Å². The molecular formula is C15H24N2O8. The highest BCUT2D eigenvalue weighted by Crippen LogP contribution is 2.22. The van der Waals surface area contributed by atoms with E-state index in [4.69, 9.17) is 9.84 Å². The molecule has 1 aliphatic rings. The molecule has 1 aliphatic heterocycles. The fourth-order valence-corrected chi connectivity index (χ4v) is 2.27. The molecule has 2 unspecified atom stereocenters. The highest BCUT2D eigenvalue weighted by molar-refractivity contribution is 5.84. The summed E-state index contributed by atoms with van der Waals surface area (Å²) in [6, 6.07) is -1.17. The predicted molar refractivity (Wildman–Crippen MR) is 84.1 cm³/mol. The number of aliphatic carboxylic acids is 1. The number of carbonyl (C=O) groups is 3. The minimum absolute atomic E-state index is 0.312. The minimum atomic E-state index is -1.68. The lowest BCUT2D eigenvalue weighted by Crippen LogP contribution is -2.60. The molecule has 0 aromatic carbocycles. The summed E-state index contributed by atoms with van der Waals surface area (Å²) in [5, 5.41) is 44.1. The van der Waals surface area contributed by atoms with Crippen molar-refractivity contribution in [3.8, 4) is 0 Å². The van der Waals surface area contributed by atoms with Crippen LogP contribution in [-0.2, 0) is 19.1 Å². The van der Waals surface area contributed by atoms with Crippen LogP contribution in [0.15, 0.2) is 11.8 Å². The molecule has 0 aromatic heterocycles. The Kier molecular flexibility index (Phi) is 7.34. The van der Waals surface area contributed by atoms with E-state index >= 15 is 0 Å². The van der Waals surface area contributed by atoms with Gasteiger partial charge in [0.25, 0.3) is 0 Å². The van der Waals surface area contributed by atoms with Crippen LogP contribution in [0.1, 0.15) is 20.8 Å². The number of rotatable bonds is 7. The number of aliphatic hydroxyl groups is 3. The van der Waals surface area contributed by atoms with E-state index in [1.165, 1.54) is 6.92 Å². The second kappa shape index (κ2) is 8.79. The van der Waals surface area contributed by atoms with Gasteiger partial charge in [-0.15, -0.1) is 0 Å². The molecule has 6 N–H and O–H groups in total. The number of carbonyl (C=O) groups excluding carboxylic acids is 2. The highest BCUT2D eigenvalue weighted by Gasteiger charge is 2.43. The Balaban J connectivity index is 2.91. The Morgan fingerprint density at radius 3 is 2.36 bits per heavy atom. The van der Waals surface area contributed by atoms with Crippen molar-refractivity contribution in [2.75, 3.05) is 6.54 Å². The number of nitrogens with one attached hydrogen (secondary N) is 2. The molecule has 0 radical (unpaired) electrons. The van der Waals surface area contributed by atoms with Crippen molar-refractivity contribution in [1.82, 2.24) is 10.6 Å². The first-order chi connectivity index (χ1) is 11.5. The summed E-state index contributed by atoms with van der Waals surface area (Å²) in [7, 11) is 0. The summed E-state index contributed by atoms with van der Waals surface area (Å²) in [6.07, 6.45) is -5.17. The van der Waals surface area contributed by atoms with E-state index in [1.54, 1.807) is 13.8 Å². The largest absolute Gasteiger partial charge is 0.478 e. The predicted octanol–water partition coefficient (Wildman–Crippen LogP) is -2.29. The van der Waals surface area contributed by atoms with Crippen molar-refractivity contribution in [2.24, 2.45) is 5.92 Å². The summed E-state index contributed by atoms with van der Waals surface area (Å²) in [5.74, 6) is -3.30. The number of hydrogen-bond donors (Lipinski definition) is 6. The van der Waals surface area contributed by atoms with E-state index in [1.807, 2.05) is 0 Å². The maximum Gasteiger partial charge on any atom is 0.370 e. The molecule has 0 aliphatic carbocycles. The van der Waals surface area contributed by atoms with Gasteiger partial charge in [0.15, 0.2) is 6.10 Å². The molecular weight excluding hydrogens is 336 g/mol. The maximum atomic E-state index is 11.5. The van der Waals surface area contributed by atoms with Gasteiger partial charge in [-0.05, 0) is 6.08 Å². The van der Waals surface area contributed by atoms with E-state index in [9.17, 15) is 29.7 Å². The molecule has 25 heavy (non-hydrogen) atoms. The summed E-state index contributed by atoms with van der Waals surface area (Å²) >= 11 is 0. The Morgan fingerprint density at radius 1 is 1.28 bits per heavy atom. The Bertz CT molecular complexity index is 548. The van der Waals surface area contributed by atoms with Gasteiger partial charge in [-0.25, -0.2) is 4.79 Å². The molecule has 0 saturated carbocycles. The standard InChI is InChI=1S/C15H24N2O8/c1-6(2)14(22)16-5-9(20)12(21)13-11(17-7(3)18)8(19)4-10(25-13)15(23)24/h4,6,8-9,11-13,19-21H,5H2,1-3H3,(H,16,22)(H,17,18)(H,23,24)/t8?,9-,11+,12-,13?/m0/s1. The fraction of sp³-hybridized carbons (Fsp3) is 0.667. The number of aliphatic hydroxyl groups excluding tert-OH is 3. The van der Waals surface area contributed by atoms with Crippen molar-refractivity contribution < 1.29 is 39.5 Å². The first kappa shape index (κ1) is 20.9. The molecule has 0 saturated heterocycles. The average molecular weight is 360 g/mol. The van der Waals surface area contributed by atoms with E-state index < -0.39 is 48.1 Å². The molecule has 0 spiro atoms. The summed E-state index contributed by atoms with van der Waals surface area (Å²) in [6.45, 7) is 4.16. The van der Waals surface area contributed by atoms with Crippen molar-refractivity contribution in [1.29, 1.82) is 0 Å². The topological polar surface area (TPSA) is 165 Å². The SMILES string of the molecule is CC(=O)N[C@@H]1C(O)C=C(C(=O)O)OC1[C@@H](O)[C@@H](O)CNC(=O)C(C)C. The van der Waals surface area contributed by atoms with Crippen LogP contribution in [0.3, 0.4) is 0 Å². The summed E-state index contributed by atoms with van der Waals surface area (Å²) < 4.78 is 5.13. The molecule has 0 aromatic rings. The smallest absolute Gasteiger partial charge is 0.370 e. The maximum absolute atomic E-state index is 11.5. The van der Waals surface area contributed by atoms with Gasteiger partial charge in [-0.3, -0.25) is 9.59 Å². The summed E-state index contributed by atoms with van der Waals surface area (Å²) in [5.41, 5.74) is 0. The van der Waals surface area contributed by atoms with Gasteiger partial charge in [0.1, 0.15) is 18.3 Å². The van der Waals surface area contributed by atoms with Gasteiger partial charge in [0, 0.05) is 19.4 Å². The van der Waals surface area contributed by atoms with E-state index in [2.05, 4.69) is 10.6 Å². The van der Waals surface area contributed by atoms with Crippen molar-refractivity contribution in [3.05, 3.63) is 11.8 Å². The first-order valence-electron chi connectivity index (χ1n) is 7.75. The lowest BCUT2D eigenvalue weighted by Gasteiger charge is -2.38. The van der Waals surface area contributed by atoms with Crippen LogP contribution < -0.4 is 10.6 Å². The van der Waals surface area contributed by atoms with Crippen molar-refractivity contribution in [3.63, 3.8) is 0 Å². The molecule has 5 atom stereocenters. The highest BCUT2D eigenvalue weighted by atomic mass is 16.5. The number of hydrogen-bond acceptors (Lipinski definition) is 7. The quantitative estimate of drug-likeness (QED) is 0.295. The second-order valence-electron chi connectivity index (χ2n) is 6.09. The Morgan fingerprint density at radius 2 is 1.88 bits per heavy atom.